The van der Waals surface area contributed by atoms with E-state index < -0.39 is 0 Å². The van der Waals surface area contributed by atoms with Crippen molar-refractivity contribution < 1.29 is 13.9 Å². The molecule has 2 heterocycles. The molecule has 0 aliphatic carbocycles. The average molecular weight is 381 g/mol. The van der Waals surface area contributed by atoms with Crippen LogP contribution in [0.1, 0.15) is 18.4 Å². The molecule has 1 fully saturated rings. The van der Waals surface area contributed by atoms with Crippen LogP contribution in [0.25, 0.3) is 16.9 Å². The maximum Gasteiger partial charge on any atom is 0.148 e. The third kappa shape index (κ3) is 4.08. The third-order valence-electron chi connectivity index (χ3n) is 4.96. The molecule has 0 amide bonds. The minimum absolute atomic E-state index is 0.269. The molecule has 4 rings (SSSR count). The number of halogens is 1. The van der Waals surface area contributed by atoms with Gasteiger partial charge >= 0.3 is 0 Å². The summed E-state index contributed by atoms with van der Waals surface area (Å²) in [4.78, 5) is 0. The quantitative estimate of drug-likeness (QED) is 0.673. The fourth-order valence-electron chi connectivity index (χ4n) is 3.47. The van der Waals surface area contributed by atoms with Crippen molar-refractivity contribution in [1.82, 2.24) is 15.1 Å². The number of aromatic nitrogens is 2. The van der Waals surface area contributed by atoms with Crippen LogP contribution in [0.2, 0.25) is 0 Å². The Hall–Kier alpha value is -2.70. The topological polar surface area (TPSA) is 48.3 Å². The largest absolute Gasteiger partial charge is 0.497 e. The minimum atomic E-state index is -0.301. The highest BCUT2D eigenvalue weighted by Gasteiger charge is 2.17. The van der Waals surface area contributed by atoms with Crippen molar-refractivity contribution in [2.24, 2.45) is 0 Å². The van der Waals surface area contributed by atoms with E-state index in [1.165, 1.54) is 6.07 Å². The highest BCUT2D eigenvalue weighted by Crippen LogP contribution is 2.26. The molecule has 1 aromatic heterocycles. The Kier molecular flexibility index (Phi) is 5.69. The lowest BCUT2D eigenvalue weighted by Crippen LogP contribution is -2.25. The molecule has 0 spiro atoms. The van der Waals surface area contributed by atoms with Gasteiger partial charge in [-0.2, -0.15) is 5.10 Å². The maximum absolute atomic E-state index is 14.3. The number of benzene rings is 2. The van der Waals surface area contributed by atoms with E-state index in [-0.39, 0.29) is 11.9 Å². The Balaban J connectivity index is 1.62. The molecule has 1 aliphatic heterocycles. The van der Waals surface area contributed by atoms with Crippen molar-refractivity contribution in [1.29, 1.82) is 0 Å². The van der Waals surface area contributed by atoms with E-state index in [4.69, 9.17) is 9.47 Å². The van der Waals surface area contributed by atoms with Crippen molar-refractivity contribution in [2.75, 3.05) is 20.3 Å². The molecule has 3 aromatic rings. The van der Waals surface area contributed by atoms with Crippen LogP contribution >= 0.6 is 0 Å². The number of ether oxygens (including phenoxy) is 2. The molecule has 28 heavy (non-hydrogen) atoms. The van der Waals surface area contributed by atoms with Gasteiger partial charge in [0.1, 0.15) is 17.3 Å². The Bertz CT molecular complexity index is 918. The van der Waals surface area contributed by atoms with Crippen LogP contribution in [0.15, 0.2) is 54.7 Å². The minimum Gasteiger partial charge on any atom is -0.497 e. The third-order valence-corrected chi connectivity index (χ3v) is 4.96. The Morgan fingerprint density at radius 2 is 2.04 bits per heavy atom. The number of hydrogen-bond donors (Lipinski definition) is 1. The van der Waals surface area contributed by atoms with Crippen LogP contribution in [-0.4, -0.2) is 36.1 Å². The van der Waals surface area contributed by atoms with Crippen molar-refractivity contribution in [2.45, 2.75) is 25.5 Å². The molecule has 0 bridgehead atoms. The summed E-state index contributed by atoms with van der Waals surface area (Å²) in [6, 6.07) is 14.4. The fourth-order valence-corrected chi connectivity index (χ4v) is 3.47. The van der Waals surface area contributed by atoms with Crippen molar-refractivity contribution in [3.8, 4) is 22.7 Å². The summed E-state index contributed by atoms with van der Waals surface area (Å²) < 4.78 is 26.8. The number of para-hydroxylation sites is 1. The number of nitrogens with zero attached hydrogens (tertiary/aromatic N) is 2. The molecule has 146 valence electrons. The lowest BCUT2D eigenvalue weighted by molar-refractivity contribution is 0.110. The van der Waals surface area contributed by atoms with Gasteiger partial charge in [0.05, 0.1) is 18.9 Å². The molecule has 6 heteroatoms. The Morgan fingerprint density at radius 3 is 2.75 bits per heavy atom. The van der Waals surface area contributed by atoms with Gasteiger partial charge in [-0.3, -0.25) is 0 Å². The SMILES string of the molecule is COc1ccc(-c2nn(-c3ccccc3F)cc2CNC[C@H]2CCCO2)cc1. The number of hydrogen-bond acceptors (Lipinski definition) is 4. The lowest BCUT2D eigenvalue weighted by atomic mass is 10.1. The van der Waals surface area contributed by atoms with Crippen LogP contribution in [-0.2, 0) is 11.3 Å². The number of rotatable bonds is 7. The van der Waals surface area contributed by atoms with E-state index in [0.29, 0.717) is 12.2 Å². The van der Waals surface area contributed by atoms with Gasteiger partial charge in [0, 0.05) is 37.0 Å². The number of methoxy groups -OCH3 is 1. The average Bonchev–Trinajstić information content (AvgIpc) is 3.39. The second kappa shape index (κ2) is 8.54. The summed E-state index contributed by atoms with van der Waals surface area (Å²) in [6.45, 7) is 2.28. The van der Waals surface area contributed by atoms with E-state index >= 15 is 0 Å². The monoisotopic (exact) mass is 381 g/mol. The second-order valence-electron chi connectivity index (χ2n) is 6.89. The van der Waals surface area contributed by atoms with Gasteiger partial charge in [-0.15, -0.1) is 0 Å². The second-order valence-corrected chi connectivity index (χ2v) is 6.89. The summed E-state index contributed by atoms with van der Waals surface area (Å²) in [7, 11) is 1.64. The Morgan fingerprint density at radius 1 is 1.21 bits per heavy atom. The lowest BCUT2D eigenvalue weighted by Gasteiger charge is -2.10. The first kappa shape index (κ1) is 18.7. The zero-order chi connectivity index (χ0) is 19.3. The summed E-state index contributed by atoms with van der Waals surface area (Å²) in [5, 5.41) is 8.14. The molecule has 0 saturated carbocycles. The summed E-state index contributed by atoms with van der Waals surface area (Å²) in [6.07, 6.45) is 4.37. The highest BCUT2D eigenvalue weighted by atomic mass is 19.1. The molecule has 1 aliphatic rings. The molecular formula is C22H24FN3O2. The van der Waals surface area contributed by atoms with Crippen LogP contribution in [0.3, 0.4) is 0 Å². The van der Waals surface area contributed by atoms with Gasteiger partial charge < -0.3 is 14.8 Å². The predicted molar refractivity (Wildman–Crippen MR) is 106 cm³/mol. The molecule has 2 aromatic carbocycles. The zero-order valence-corrected chi connectivity index (χ0v) is 15.9. The van der Waals surface area contributed by atoms with Crippen LogP contribution in [0.4, 0.5) is 4.39 Å². The maximum atomic E-state index is 14.3. The van der Waals surface area contributed by atoms with Gasteiger partial charge in [0.2, 0.25) is 0 Å². The normalized spacial score (nSPS) is 16.4. The van der Waals surface area contributed by atoms with Gasteiger partial charge in [-0.25, -0.2) is 9.07 Å². The van der Waals surface area contributed by atoms with E-state index in [9.17, 15) is 4.39 Å². The molecule has 1 atom stereocenters. The first-order valence-electron chi connectivity index (χ1n) is 9.55. The van der Waals surface area contributed by atoms with E-state index in [1.807, 2.05) is 36.5 Å². The summed E-state index contributed by atoms with van der Waals surface area (Å²) >= 11 is 0. The molecular weight excluding hydrogens is 357 g/mol. The summed E-state index contributed by atoms with van der Waals surface area (Å²) in [5.74, 6) is 0.487. The molecule has 1 saturated heterocycles. The predicted octanol–water partition coefficient (Wildman–Crippen LogP) is 3.96. The van der Waals surface area contributed by atoms with Crippen LogP contribution < -0.4 is 10.1 Å². The molecule has 0 radical (unpaired) electrons. The van der Waals surface area contributed by atoms with Gasteiger partial charge in [0.15, 0.2) is 0 Å². The summed E-state index contributed by atoms with van der Waals surface area (Å²) in [5.41, 5.74) is 3.23. The molecule has 0 unspecified atom stereocenters. The highest BCUT2D eigenvalue weighted by molar-refractivity contribution is 5.64. The van der Waals surface area contributed by atoms with Gasteiger partial charge in [-0.1, -0.05) is 12.1 Å². The van der Waals surface area contributed by atoms with Crippen molar-refractivity contribution >= 4 is 0 Å². The van der Waals surface area contributed by atoms with E-state index in [2.05, 4.69) is 10.4 Å². The number of nitrogens with one attached hydrogen (secondary N) is 1. The van der Waals surface area contributed by atoms with Gasteiger partial charge in [-0.05, 0) is 49.2 Å². The van der Waals surface area contributed by atoms with Gasteiger partial charge in [0.25, 0.3) is 0 Å². The molecule has 1 N–H and O–H groups in total. The zero-order valence-electron chi connectivity index (χ0n) is 15.9. The van der Waals surface area contributed by atoms with Crippen molar-refractivity contribution in [3.05, 3.63) is 66.1 Å². The first-order valence-corrected chi connectivity index (χ1v) is 9.55. The smallest absolute Gasteiger partial charge is 0.148 e. The fraction of sp³-hybridized carbons (Fsp3) is 0.318. The van der Waals surface area contributed by atoms with E-state index in [1.54, 1.807) is 23.9 Å². The standard InChI is InChI=1S/C22H24FN3O2/c1-27-18-10-8-16(9-11-18)22-17(13-24-14-19-5-4-12-28-19)15-26(25-22)21-7-3-2-6-20(21)23/h2-3,6-11,15,19,24H,4-5,12-14H2,1H3/t19-/m1/s1. The van der Waals surface area contributed by atoms with E-state index in [0.717, 1.165) is 48.6 Å². The van der Waals surface area contributed by atoms with Crippen LogP contribution in [0, 0.1) is 5.82 Å². The van der Waals surface area contributed by atoms with Crippen molar-refractivity contribution in [3.63, 3.8) is 0 Å². The van der Waals surface area contributed by atoms with Crippen LogP contribution in [0.5, 0.6) is 5.75 Å². The Labute approximate surface area is 164 Å². The first-order chi connectivity index (χ1) is 13.7. The molecule has 5 nitrogen and oxygen atoms in total.